The largest absolute Gasteiger partial charge is 0.300 e. The fourth-order valence-corrected chi connectivity index (χ4v) is 1.85. The topological polar surface area (TPSA) is 17.1 Å². The Hall–Kier alpha value is 0.0200. The van der Waals surface area contributed by atoms with Gasteiger partial charge in [-0.1, -0.05) is 20.8 Å². The smallest absolute Gasteiger partial charge is 0.132 e. The van der Waals surface area contributed by atoms with E-state index in [0.717, 1.165) is 24.5 Å². The van der Waals surface area contributed by atoms with Crippen molar-refractivity contribution in [3.63, 3.8) is 0 Å². The van der Waals surface area contributed by atoms with Crippen molar-refractivity contribution in [2.75, 3.05) is 11.5 Å². The minimum absolute atomic E-state index is 0.403. The van der Waals surface area contributed by atoms with E-state index < -0.39 is 0 Å². The van der Waals surface area contributed by atoms with Crippen molar-refractivity contribution in [1.82, 2.24) is 0 Å². The molecule has 0 fully saturated rings. The Balaban J connectivity index is 3.05. The molecular weight excluding hydrogens is 168 g/mol. The Kier molecular flexibility index (Phi) is 7.67. The maximum atomic E-state index is 10.9. The van der Waals surface area contributed by atoms with E-state index in [9.17, 15) is 4.79 Å². The lowest BCUT2D eigenvalue weighted by Crippen LogP contribution is -1.97. The SMILES string of the molecule is CCC(=O)CCCSCC(C)C. The van der Waals surface area contributed by atoms with Gasteiger partial charge in [-0.3, -0.25) is 4.79 Å². The third-order valence-corrected chi connectivity index (χ3v) is 3.07. The molecule has 0 N–H and O–H groups in total. The maximum Gasteiger partial charge on any atom is 0.132 e. The van der Waals surface area contributed by atoms with Crippen LogP contribution in [0.25, 0.3) is 0 Å². The van der Waals surface area contributed by atoms with Crippen LogP contribution in [0, 0.1) is 5.92 Å². The molecule has 0 saturated carbocycles. The van der Waals surface area contributed by atoms with Crippen LogP contribution < -0.4 is 0 Å². The van der Waals surface area contributed by atoms with E-state index in [0.29, 0.717) is 12.2 Å². The van der Waals surface area contributed by atoms with Gasteiger partial charge in [0.2, 0.25) is 0 Å². The summed E-state index contributed by atoms with van der Waals surface area (Å²) in [6.45, 7) is 6.39. The number of hydrogen-bond donors (Lipinski definition) is 0. The first-order chi connectivity index (χ1) is 5.66. The molecule has 72 valence electrons. The van der Waals surface area contributed by atoms with Gasteiger partial charge < -0.3 is 0 Å². The summed E-state index contributed by atoms with van der Waals surface area (Å²) in [5, 5.41) is 0. The van der Waals surface area contributed by atoms with E-state index in [-0.39, 0.29) is 0 Å². The summed E-state index contributed by atoms with van der Waals surface area (Å²) in [5.41, 5.74) is 0. The van der Waals surface area contributed by atoms with Crippen LogP contribution >= 0.6 is 11.8 Å². The summed E-state index contributed by atoms with van der Waals surface area (Å²) in [5.74, 6) is 3.54. The zero-order valence-corrected chi connectivity index (χ0v) is 9.25. The van der Waals surface area contributed by atoms with E-state index in [2.05, 4.69) is 13.8 Å². The fourth-order valence-electron chi connectivity index (χ4n) is 0.867. The maximum absolute atomic E-state index is 10.9. The van der Waals surface area contributed by atoms with Gasteiger partial charge >= 0.3 is 0 Å². The van der Waals surface area contributed by atoms with E-state index >= 15 is 0 Å². The van der Waals surface area contributed by atoms with Gasteiger partial charge in [0, 0.05) is 12.8 Å². The predicted octanol–water partition coefficient (Wildman–Crippen LogP) is 3.13. The van der Waals surface area contributed by atoms with Gasteiger partial charge in [-0.05, 0) is 23.8 Å². The van der Waals surface area contributed by atoms with Crippen molar-refractivity contribution in [3.8, 4) is 0 Å². The third-order valence-electron chi connectivity index (χ3n) is 1.59. The highest BCUT2D eigenvalue weighted by atomic mass is 32.2. The van der Waals surface area contributed by atoms with Crippen LogP contribution in [-0.4, -0.2) is 17.3 Å². The summed E-state index contributed by atoms with van der Waals surface area (Å²) >= 11 is 1.96. The van der Waals surface area contributed by atoms with Crippen molar-refractivity contribution in [1.29, 1.82) is 0 Å². The standard InChI is InChI=1S/C10H20OS/c1-4-10(11)6-5-7-12-8-9(2)3/h9H,4-8H2,1-3H3. The molecule has 0 aromatic carbocycles. The minimum Gasteiger partial charge on any atom is -0.300 e. The number of carbonyl (C=O) groups excluding carboxylic acids is 1. The average molecular weight is 188 g/mol. The van der Waals surface area contributed by atoms with Crippen molar-refractivity contribution in [2.24, 2.45) is 5.92 Å². The number of Topliss-reactive ketones (excluding diaryl/α,β-unsaturated/α-hetero) is 1. The van der Waals surface area contributed by atoms with Crippen molar-refractivity contribution in [2.45, 2.75) is 40.0 Å². The Bertz CT molecular complexity index is 121. The van der Waals surface area contributed by atoms with Gasteiger partial charge in [-0.25, -0.2) is 0 Å². The second-order valence-corrected chi connectivity index (χ2v) is 4.61. The molecule has 0 aromatic rings. The predicted molar refractivity (Wildman–Crippen MR) is 56.7 cm³/mol. The Morgan fingerprint density at radius 3 is 2.58 bits per heavy atom. The third kappa shape index (κ3) is 8.12. The monoisotopic (exact) mass is 188 g/mol. The Morgan fingerprint density at radius 1 is 1.42 bits per heavy atom. The van der Waals surface area contributed by atoms with Crippen LogP contribution in [0.1, 0.15) is 40.0 Å². The molecule has 0 heterocycles. The summed E-state index contributed by atoms with van der Waals surface area (Å²) < 4.78 is 0. The summed E-state index contributed by atoms with van der Waals surface area (Å²) in [6, 6.07) is 0. The first kappa shape index (κ1) is 12.0. The summed E-state index contributed by atoms with van der Waals surface area (Å²) in [7, 11) is 0. The lowest BCUT2D eigenvalue weighted by molar-refractivity contribution is -0.118. The molecule has 0 radical (unpaired) electrons. The summed E-state index contributed by atoms with van der Waals surface area (Å²) in [6.07, 6.45) is 2.54. The zero-order valence-electron chi connectivity index (χ0n) is 8.43. The molecule has 0 saturated heterocycles. The van der Waals surface area contributed by atoms with Gasteiger partial charge in [0.25, 0.3) is 0 Å². The van der Waals surface area contributed by atoms with Crippen molar-refractivity contribution in [3.05, 3.63) is 0 Å². The fraction of sp³-hybridized carbons (Fsp3) is 0.900. The quantitative estimate of drug-likeness (QED) is 0.571. The van der Waals surface area contributed by atoms with Crippen LogP contribution in [0.15, 0.2) is 0 Å². The van der Waals surface area contributed by atoms with Crippen LogP contribution in [0.2, 0.25) is 0 Å². The van der Waals surface area contributed by atoms with Crippen LogP contribution in [0.3, 0.4) is 0 Å². The number of rotatable bonds is 7. The van der Waals surface area contributed by atoms with E-state index in [4.69, 9.17) is 0 Å². The molecule has 0 unspecified atom stereocenters. The highest BCUT2D eigenvalue weighted by Crippen LogP contribution is 2.10. The second kappa shape index (κ2) is 7.66. The molecule has 0 spiro atoms. The van der Waals surface area contributed by atoms with Gasteiger partial charge in [0.05, 0.1) is 0 Å². The normalized spacial score (nSPS) is 10.7. The molecular formula is C10H20OS. The van der Waals surface area contributed by atoms with Crippen LogP contribution in [0.4, 0.5) is 0 Å². The van der Waals surface area contributed by atoms with E-state index in [1.165, 1.54) is 5.75 Å². The van der Waals surface area contributed by atoms with Gasteiger partial charge in [-0.15, -0.1) is 0 Å². The van der Waals surface area contributed by atoms with Gasteiger partial charge in [0.15, 0.2) is 0 Å². The molecule has 0 atom stereocenters. The zero-order chi connectivity index (χ0) is 9.40. The first-order valence-electron chi connectivity index (χ1n) is 4.76. The lowest BCUT2D eigenvalue weighted by atomic mass is 10.2. The van der Waals surface area contributed by atoms with Crippen molar-refractivity contribution >= 4 is 17.5 Å². The molecule has 1 nitrogen and oxygen atoms in total. The highest BCUT2D eigenvalue weighted by Gasteiger charge is 1.98. The molecule has 0 aliphatic heterocycles. The lowest BCUT2D eigenvalue weighted by Gasteiger charge is -2.03. The molecule has 0 aliphatic rings. The molecule has 0 rings (SSSR count). The van der Waals surface area contributed by atoms with Crippen LogP contribution in [-0.2, 0) is 4.79 Å². The molecule has 0 aromatic heterocycles. The Labute approximate surface area is 80.3 Å². The van der Waals surface area contributed by atoms with Crippen LogP contribution in [0.5, 0.6) is 0 Å². The Morgan fingerprint density at radius 2 is 2.08 bits per heavy atom. The minimum atomic E-state index is 0.403. The second-order valence-electron chi connectivity index (χ2n) is 3.46. The molecule has 12 heavy (non-hydrogen) atoms. The average Bonchev–Trinajstić information content (AvgIpc) is 2.03. The molecule has 0 amide bonds. The molecule has 2 heteroatoms. The number of carbonyl (C=O) groups is 1. The number of thioether (sulfide) groups is 1. The summed E-state index contributed by atoms with van der Waals surface area (Å²) in [4.78, 5) is 10.9. The van der Waals surface area contributed by atoms with Crippen molar-refractivity contribution < 1.29 is 4.79 Å². The van der Waals surface area contributed by atoms with E-state index in [1.54, 1.807) is 0 Å². The van der Waals surface area contributed by atoms with E-state index in [1.807, 2.05) is 18.7 Å². The van der Waals surface area contributed by atoms with Gasteiger partial charge in [0.1, 0.15) is 5.78 Å². The molecule has 0 aliphatic carbocycles. The number of hydrogen-bond acceptors (Lipinski definition) is 2. The first-order valence-corrected chi connectivity index (χ1v) is 5.91. The number of ketones is 1. The van der Waals surface area contributed by atoms with Gasteiger partial charge in [-0.2, -0.15) is 11.8 Å². The molecule has 0 bridgehead atoms. The highest BCUT2D eigenvalue weighted by molar-refractivity contribution is 7.99.